The zero-order chi connectivity index (χ0) is 8.43. The summed E-state index contributed by atoms with van der Waals surface area (Å²) in [6, 6.07) is -0.761. The van der Waals surface area contributed by atoms with Crippen LogP contribution in [0.15, 0.2) is 0 Å². The van der Waals surface area contributed by atoms with Crippen molar-refractivity contribution in [3.8, 4) is 0 Å². The molecule has 0 bridgehead atoms. The molecule has 0 heterocycles. The Morgan fingerprint density at radius 1 is 1.55 bits per heavy atom. The zero-order valence-corrected chi connectivity index (χ0v) is 6.33. The maximum atomic E-state index is 10.9. The predicted octanol–water partition coefficient (Wildman–Crippen LogP) is -0.0143. The molecule has 0 spiro atoms. The molecule has 0 aromatic heterocycles. The molecule has 1 rings (SSSR count). The van der Waals surface area contributed by atoms with Gasteiger partial charge in [-0.1, -0.05) is 0 Å². The summed E-state index contributed by atoms with van der Waals surface area (Å²) in [5.74, 6) is -1.03. The summed E-state index contributed by atoms with van der Waals surface area (Å²) in [6.07, 6.45) is 1.80. The highest BCUT2D eigenvalue weighted by molar-refractivity contribution is 5.85. The van der Waals surface area contributed by atoms with E-state index in [-0.39, 0.29) is 11.8 Å². The van der Waals surface area contributed by atoms with Crippen molar-refractivity contribution in [1.82, 2.24) is 5.32 Å². The average Bonchev–Trinajstić information content (AvgIpc) is 2.67. The van der Waals surface area contributed by atoms with E-state index in [1.54, 1.807) is 0 Å². The number of hydrogen-bond donors (Lipinski definition) is 2. The second-order valence-corrected chi connectivity index (χ2v) is 2.84. The molecule has 1 aliphatic carbocycles. The maximum absolute atomic E-state index is 10.9. The van der Waals surface area contributed by atoms with Gasteiger partial charge in [0.25, 0.3) is 0 Å². The van der Waals surface area contributed by atoms with Crippen molar-refractivity contribution in [3.05, 3.63) is 0 Å². The standard InChI is InChI=1S/C7H11NO3/c1-4(7(10)11)8-6(9)5-2-3-5/h4-5H,2-3H2,1H3,(H,8,9)(H,10,11)/t4-/m0/s1. The van der Waals surface area contributed by atoms with Crippen molar-refractivity contribution in [2.75, 3.05) is 0 Å². The van der Waals surface area contributed by atoms with Crippen molar-refractivity contribution in [1.29, 1.82) is 0 Å². The lowest BCUT2D eigenvalue weighted by atomic mass is 10.3. The molecular weight excluding hydrogens is 146 g/mol. The highest BCUT2D eigenvalue weighted by atomic mass is 16.4. The number of hydrogen-bond acceptors (Lipinski definition) is 2. The highest BCUT2D eigenvalue weighted by Crippen LogP contribution is 2.28. The van der Waals surface area contributed by atoms with E-state index in [0.717, 1.165) is 12.8 Å². The fraction of sp³-hybridized carbons (Fsp3) is 0.714. The number of carboxylic acid groups (broad SMARTS) is 1. The summed E-state index contributed by atoms with van der Waals surface area (Å²) in [5, 5.41) is 10.8. The molecule has 0 aromatic carbocycles. The van der Waals surface area contributed by atoms with Crippen LogP contribution in [0.3, 0.4) is 0 Å². The molecule has 62 valence electrons. The van der Waals surface area contributed by atoms with Crippen molar-refractivity contribution in [2.45, 2.75) is 25.8 Å². The summed E-state index contributed by atoms with van der Waals surface area (Å²) in [6.45, 7) is 1.46. The molecule has 1 fully saturated rings. The van der Waals surface area contributed by atoms with Gasteiger partial charge in [0.05, 0.1) is 0 Å². The Bertz CT molecular complexity index is 186. The largest absolute Gasteiger partial charge is 0.480 e. The summed E-state index contributed by atoms with van der Waals surface area (Å²) >= 11 is 0. The van der Waals surface area contributed by atoms with Crippen LogP contribution in [0.25, 0.3) is 0 Å². The van der Waals surface area contributed by atoms with Crippen LogP contribution in [-0.2, 0) is 9.59 Å². The minimum Gasteiger partial charge on any atom is -0.480 e. The number of amides is 1. The molecule has 1 amide bonds. The minimum absolute atomic E-state index is 0.0804. The molecular formula is C7H11NO3. The topological polar surface area (TPSA) is 66.4 Å². The first-order valence-corrected chi connectivity index (χ1v) is 3.64. The van der Waals surface area contributed by atoms with Crippen molar-refractivity contribution >= 4 is 11.9 Å². The fourth-order valence-corrected chi connectivity index (χ4v) is 0.738. The Morgan fingerprint density at radius 3 is 2.45 bits per heavy atom. The smallest absolute Gasteiger partial charge is 0.325 e. The van der Waals surface area contributed by atoms with Gasteiger partial charge in [0.1, 0.15) is 6.04 Å². The van der Waals surface area contributed by atoms with E-state index in [1.165, 1.54) is 6.92 Å². The lowest BCUT2D eigenvalue weighted by molar-refractivity contribution is -0.141. The number of aliphatic carboxylic acids is 1. The Hall–Kier alpha value is -1.06. The third-order valence-corrected chi connectivity index (χ3v) is 1.68. The normalized spacial score (nSPS) is 19.0. The summed E-state index contributed by atoms with van der Waals surface area (Å²) in [4.78, 5) is 21.2. The van der Waals surface area contributed by atoms with Crippen LogP contribution in [0.2, 0.25) is 0 Å². The molecule has 11 heavy (non-hydrogen) atoms. The van der Waals surface area contributed by atoms with Crippen LogP contribution >= 0.6 is 0 Å². The van der Waals surface area contributed by atoms with Gasteiger partial charge in [-0.05, 0) is 19.8 Å². The monoisotopic (exact) mass is 157 g/mol. The number of carboxylic acids is 1. The van der Waals surface area contributed by atoms with Crippen molar-refractivity contribution in [3.63, 3.8) is 0 Å². The molecule has 0 unspecified atom stereocenters. The third-order valence-electron chi connectivity index (χ3n) is 1.68. The Kier molecular flexibility index (Phi) is 2.12. The lowest BCUT2D eigenvalue weighted by Gasteiger charge is -2.07. The van der Waals surface area contributed by atoms with E-state index < -0.39 is 12.0 Å². The molecule has 4 heteroatoms. The fourth-order valence-electron chi connectivity index (χ4n) is 0.738. The van der Waals surface area contributed by atoms with E-state index in [1.807, 2.05) is 0 Å². The molecule has 4 nitrogen and oxygen atoms in total. The van der Waals surface area contributed by atoms with Gasteiger partial charge in [-0.3, -0.25) is 9.59 Å². The number of carbonyl (C=O) groups excluding carboxylic acids is 1. The van der Waals surface area contributed by atoms with Crippen LogP contribution in [0.4, 0.5) is 0 Å². The number of rotatable bonds is 3. The predicted molar refractivity (Wildman–Crippen MR) is 38.0 cm³/mol. The van der Waals surface area contributed by atoms with Gasteiger partial charge >= 0.3 is 5.97 Å². The summed E-state index contributed by atoms with van der Waals surface area (Å²) in [5.41, 5.74) is 0. The quantitative estimate of drug-likeness (QED) is 0.605. The Morgan fingerprint density at radius 2 is 2.09 bits per heavy atom. The first kappa shape index (κ1) is 8.04. The van der Waals surface area contributed by atoms with Crippen LogP contribution in [0.5, 0.6) is 0 Å². The second-order valence-electron chi connectivity index (χ2n) is 2.84. The molecule has 1 atom stereocenters. The second kappa shape index (κ2) is 2.90. The van der Waals surface area contributed by atoms with Crippen LogP contribution in [0.1, 0.15) is 19.8 Å². The molecule has 0 aromatic rings. The van der Waals surface area contributed by atoms with Crippen molar-refractivity contribution < 1.29 is 14.7 Å². The van der Waals surface area contributed by atoms with Gasteiger partial charge in [0.2, 0.25) is 5.91 Å². The third kappa shape index (κ3) is 2.22. The Labute approximate surface area is 64.6 Å². The molecule has 0 radical (unpaired) electrons. The van der Waals surface area contributed by atoms with Gasteiger partial charge in [0, 0.05) is 5.92 Å². The minimum atomic E-state index is -0.987. The SMILES string of the molecule is C[C@H](NC(=O)C1CC1)C(=O)O. The summed E-state index contributed by atoms with van der Waals surface area (Å²) in [7, 11) is 0. The highest BCUT2D eigenvalue weighted by Gasteiger charge is 2.31. The average molecular weight is 157 g/mol. The lowest BCUT2D eigenvalue weighted by Crippen LogP contribution is -2.39. The van der Waals surface area contributed by atoms with E-state index in [9.17, 15) is 9.59 Å². The zero-order valence-electron chi connectivity index (χ0n) is 6.33. The van der Waals surface area contributed by atoms with E-state index >= 15 is 0 Å². The molecule has 0 saturated heterocycles. The first-order chi connectivity index (χ1) is 5.11. The summed E-state index contributed by atoms with van der Waals surface area (Å²) < 4.78 is 0. The first-order valence-electron chi connectivity index (χ1n) is 3.64. The molecule has 0 aliphatic heterocycles. The van der Waals surface area contributed by atoms with Crippen LogP contribution in [-0.4, -0.2) is 23.0 Å². The van der Waals surface area contributed by atoms with Gasteiger partial charge in [-0.2, -0.15) is 0 Å². The van der Waals surface area contributed by atoms with E-state index in [2.05, 4.69) is 5.32 Å². The van der Waals surface area contributed by atoms with E-state index in [0.29, 0.717) is 0 Å². The van der Waals surface area contributed by atoms with Crippen LogP contribution in [0, 0.1) is 5.92 Å². The van der Waals surface area contributed by atoms with Crippen molar-refractivity contribution in [2.24, 2.45) is 5.92 Å². The Balaban J connectivity index is 2.28. The number of carbonyl (C=O) groups is 2. The van der Waals surface area contributed by atoms with E-state index in [4.69, 9.17) is 5.11 Å². The molecule has 1 saturated carbocycles. The maximum Gasteiger partial charge on any atom is 0.325 e. The van der Waals surface area contributed by atoms with Gasteiger partial charge in [0.15, 0.2) is 0 Å². The number of nitrogens with one attached hydrogen (secondary N) is 1. The van der Waals surface area contributed by atoms with Gasteiger partial charge in [-0.15, -0.1) is 0 Å². The molecule has 2 N–H and O–H groups in total. The van der Waals surface area contributed by atoms with Crippen LogP contribution < -0.4 is 5.32 Å². The van der Waals surface area contributed by atoms with Gasteiger partial charge < -0.3 is 10.4 Å². The molecule has 1 aliphatic rings. The van der Waals surface area contributed by atoms with Gasteiger partial charge in [-0.25, -0.2) is 0 Å².